The highest BCUT2D eigenvalue weighted by atomic mass is 19.1. The van der Waals surface area contributed by atoms with Gasteiger partial charge in [0.15, 0.2) is 6.10 Å². The maximum Gasteiger partial charge on any atom is 0.410 e. The zero-order chi connectivity index (χ0) is 32.8. The fourth-order valence-electron chi connectivity index (χ4n) is 6.10. The second-order valence-electron chi connectivity index (χ2n) is 13.5. The number of H-pyrrole nitrogens is 1. The Morgan fingerprint density at radius 1 is 1.04 bits per heavy atom. The largest absolute Gasteiger partial charge is 0.436 e. The van der Waals surface area contributed by atoms with Crippen LogP contribution in [0.1, 0.15) is 70.6 Å². The maximum atomic E-state index is 14.4. The van der Waals surface area contributed by atoms with E-state index in [4.69, 9.17) is 4.74 Å². The molecule has 1 aromatic carbocycles. The number of aromatic amines is 1. The molecule has 3 aromatic rings. The summed E-state index contributed by atoms with van der Waals surface area (Å²) in [7, 11) is 0. The Morgan fingerprint density at radius 3 is 2.43 bits per heavy atom. The van der Waals surface area contributed by atoms with E-state index in [0.29, 0.717) is 31.6 Å². The van der Waals surface area contributed by atoms with Gasteiger partial charge in [-0.15, -0.1) is 0 Å². The minimum Gasteiger partial charge on any atom is -0.436 e. The Kier molecular flexibility index (Phi) is 10.3. The highest BCUT2D eigenvalue weighted by molar-refractivity contribution is 5.95. The minimum absolute atomic E-state index is 0.0442. The summed E-state index contributed by atoms with van der Waals surface area (Å²) in [6.45, 7) is 9.09. The van der Waals surface area contributed by atoms with Crippen molar-refractivity contribution in [1.82, 2.24) is 19.4 Å². The van der Waals surface area contributed by atoms with Crippen LogP contribution in [0.4, 0.5) is 14.9 Å². The summed E-state index contributed by atoms with van der Waals surface area (Å²) >= 11 is 0. The molecule has 0 aliphatic carbocycles. The summed E-state index contributed by atoms with van der Waals surface area (Å²) in [6.07, 6.45) is 8.00. The van der Waals surface area contributed by atoms with E-state index in [-0.39, 0.29) is 35.8 Å². The van der Waals surface area contributed by atoms with Crippen LogP contribution >= 0.6 is 0 Å². The first-order chi connectivity index (χ1) is 22.0. The van der Waals surface area contributed by atoms with Gasteiger partial charge in [0.25, 0.3) is 11.5 Å². The monoisotopic (exact) mass is 633 g/mol. The number of ether oxygens (including phenoxy) is 1. The van der Waals surface area contributed by atoms with Crippen LogP contribution in [0.3, 0.4) is 0 Å². The van der Waals surface area contributed by atoms with Crippen molar-refractivity contribution in [3.05, 3.63) is 76.1 Å². The molecule has 2 saturated heterocycles. The van der Waals surface area contributed by atoms with Crippen molar-refractivity contribution < 1.29 is 23.5 Å². The topological polar surface area (TPSA) is 117 Å². The number of halogens is 1. The number of aromatic nitrogens is 2. The van der Waals surface area contributed by atoms with Crippen LogP contribution in [0.2, 0.25) is 0 Å². The van der Waals surface area contributed by atoms with Gasteiger partial charge in [0.05, 0.1) is 6.54 Å². The van der Waals surface area contributed by atoms with Gasteiger partial charge in [-0.2, -0.15) is 0 Å². The van der Waals surface area contributed by atoms with Gasteiger partial charge < -0.3 is 29.4 Å². The number of hydrogen-bond acceptors (Lipinski definition) is 5. The number of nitrogens with one attached hydrogen (secondary N) is 2. The van der Waals surface area contributed by atoms with E-state index < -0.39 is 23.7 Å². The summed E-state index contributed by atoms with van der Waals surface area (Å²) in [5.74, 6) is -0.995. The van der Waals surface area contributed by atoms with Gasteiger partial charge in [-0.25, -0.2) is 9.18 Å². The van der Waals surface area contributed by atoms with E-state index in [2.05, 4.69) is 31.1 Å². The average molecular weight is 634 g/mol. The first-order valence-electron chi connectivity index (χ1n) is 16.2. The first kappa shape index (κ1) is 33.0. The SMILES string of the molecule is CC(C)(C)Cc1cc(F)cc2cc(Cn3cccc(NC(=O)C(CC/C=C/C(=O)N4CCCC4)OC(=O)N4CCCC4)c3=O)[nH]c12. The molecule has 46 heavy (non-hydrogen) atoms. The lowest BCUT2D eigenvalue weighted by Crippen LogP contribution is -2.39. The van der Waals surface area contributed by atoms with Crippen LogP contribution in [0, 0.1) is 11.2 Å². The van der Waals surface area contributed by atoms with Crippen molar-refractivity contribution in [3.63, 3.8) is 0 Å². The average Bonchev–Trinajstić information content (AvgIpc) is 3.78. The number of carbonyl (C=O) groups is 3. The van der Waals surface area contributed by atoms with Gasteiger partial charge in [0.1, 0.15) is 11.5 Å². The molecule has 2 aromatic heterocycles. The third-order valence-electron chi connectivity index (χ3n) is 8.34. The summed E-state index contributed by atoms with van der Waals surface area (Å²) in [5.41, 5.74) is 1.99. The van der Waals surface area contributed by atoms with Crippen LogP contribution in [0.5, 0.6) is 0 Å². The minimum atomic E-state index is -1.16. The quantitative estimate of drug-likeness (QED) is 0.282. The van der Waals surface area contributed by atoms with Gasteiger partial charge in [-0.05, 0) is 92.3 Å². The highest BCUT2D eigenvalue weighted by Gasteiger charge is 2.28. The number of allylic oxidation sites excluding steroid dienone is 1. The van der Waals surface area contributed by atoms with Crippen molar-refractivity contribution in [2.45, 2.75) is 78.4 Å². The number of hydrogen-bond donors (Lipinski definition) is 2. The number of likely N-dealkylation sites (tertiary alicyclic amines) is 2. The standard InChI is InChI=1S/C35H44FN5O5/c1-35(2,3)22-25-20-26(36)19-24-21-27(37-31(24)25)23-41-18-10-11-28(33(41)44)38-32(43)29(46-34(45)40-16-8-9-17-40)12-4-5-13-30(42)39-14-6-7-15-39/h5,10-11,13,18-21,29,37H,4,6-9,12,14-17,22-23H2,1-3H3,(H,38,43)/b13-5+. The number of fused-ring (bicyclic) bond motifs is 1. The molecule has 11 heteroatoms. The van der Waals surface area contributed by atoms with Crippen LogP contribution < -0.4 is 10.9 Å². The van der Waals surface area contributed by atoms with Crippen molar-refractivity contribution >= 4 is 34.5 Å². The van der Waals surface area contributed by atoms with Gasteiger partial charge in [-0.1, -0.05) is 26.8 Å². The molecule has 2 aliphatic heterocycles. The number of nitrogens with zero attached hydrogens (tertiary/aromatic N) is 3. The molecule has 10 nitrogen and oxygen atoms in total. The lowest BCUT2D eigenvalue weighted by molar-refractivity contribution is -0.125. The molecular weight excluding hydrogens is 589 g/mol. The fourth-order valence-corrected chi connectivity index (χ4v) is 6.10. The van der Waals surface area contributed by atoms with Crippen LogP contribution in [-0.2, 0) is 27.3 Å². The smallest absolute Gasteiger partial charge is 0.410 e. The molecule has 2 N–H and O–H groups in total. The van der Waals surface area contributed by atoms with Gasteiger partial charge in [0, 0.05) is 49.0 Å². The number of amides is 3. The Bertz CT molecular complexity index is 1660. The number of rotatable bonds is 10. The summed E-state index contributed by atoms with van der Waals surface area (Å²) in [4.78, 5) is 58.8. The molecule has 2 aliphatic rings. The Morgan fingerprint density at radius 2 is 1.74 bits per heavy atom. The van der Waals surface area contributed by atoms with Crippen molar-refractivity contribution in [2.24, 2.45) is 5.41 Å². The van der Waals surface area contributed by atoms with Gasteiger partial charge in [0.2, 0.25) is 5.91 Å². The Labute approximate surface area is 268 Å². The van der Waals surface area contributed by atoms with E-state index in [1.807, 2.05) is 6.07 Å². The second-order valence-corrected chi connectivity index (χ2v) is 13.5. The predicted octanol–water partition coefficient (Wildman–Crippen LogP) is 5.60. The summed E-state index contributed by atoms with van der Waals surface area (Å²) in [5, 5.41) is 3.40. The van der Waals surface area contributed by atoms with Crippen molar-refractivity contribution in [2.75, 3.05) is 31.5 Å². The normalized spacial score (nSPS) is 16.0. The number of pyridine rings is 1. The number of anilines is 1. The van der Waals surface area contributed by atoms with Crippen molar-refractivity contribution in [3.8, 4) is 0 Å². The second kappa shape index (κ2) is 14.3. The van der Waals surface area contributed by atoms with E-state index in [0.717, 1.165) is 55.2 Å². The molecule has 2 fully saturated rings. The number of benzene rings is 1. The molecule has 1 unspecified atom stereocenters. The third-order valence-corrected chi connectivity index (χ3v) is 8.34. The van der Waals surface area contributed by atoms with Crippen LogP contribution in [0.25, 0.3) is 10.9 Å². The van der Waals surface area contributed by atoms with Crippen LogP contribution in [-0.4, -0.2) is 69.5 Å². The molecule has 4 heterocycles. The molecule has 0 radical (unpaired) electrons. The Hall–Kier alpha value is -4.41. The lowest BCUT2D eigenvalue weighted by Gasteiger charge is -2.21. The molecular formula is C35H44FN5O5. The highest BCUT2D eigenvalue weighted by Crippen LogP contribution is 2.28. The van der Waals surface area contributed by atoms with Gasteiger partial charge >= 0.3 is 6.09 Å². The Balaban J connectivity index is 1.29. The molecule has 0 spiro atoms. The van der Waals surface area contributed by atoms with E-state index in [9.17, 15) is 23.6 Å². The van der Waals surface area contributed by atoms with E-state index in [1.165, 1.54) is 22.8 Å². The molecule has 1 atom stereocenters. The van der Waals surface area contributed by atoms with E-state index in [1.54, 1.807) is 34.2 Å². The molecule has 3 amide bonds. The lowest BCUT2D eigenvalue weighted by atomic mass is 9.87. The summed E-state index contributed by atoms with van der Waals surface area (Å²) < 4.78 is 21.5. The molecule has 246 valence electrons. The predicted molar refractivity (Wildman–Crippen MR) is 175 cm³/mol. The van der Waals surface area contributed by atoms with Crippen LogP contribution in [0.15, 0.2) is 53.5 Å². The van der Waals surface area contributed by atoms with Gasteiger partial charge in [-0.3, -0.25) is 14.4 Å². The van der Waals surface area contributed by atoms with Crippen molar-refractivity contribution in [1.29, 1.82) is 0 Å². The first-order valence-corrected chi connectivity index (χ1v) is 16.2. The molecule has 5 rings (SSSR count). The molecule has 0 saturated carbocycles. The zero-order valence-electron chi connectivity index (χ0n) is 26.9. The summed E-state index contributed by atoms with van der Waals surface area (Å²) in [6, 6.07) is 8.01. The van der Waals surface area contributed by atoms with E-state index >= 15 is 0 Å². The molecule has 0 bridgehead atoms. The zero-order valence-corrected chi connectivity index (χ0v) is 26.9. The maximum absolute atomic E-state index is 14.4. The fraction of sp³-hybridized carbons (Fsp3) is 0.486. The number of carbonyl (C=O) groups excluding carboxylic acids is 3. The third kappa shape index (κ3) is 8.44.